The van der Waals surface area contributed by atoms with Crippen LogP contribution in [0.2, 0.25) is 0 Å². The Bertz CT molecular complexity index is 161. The lowest BCUT2D eigenvalue weighted by Crippen LogP contribution is -1.78. The van der Waals surface area contributed by atoms with Crippen molar-refractivity contribution >= 4 is 0 Å². The van der Waals surface area contributed by atoms with Gasteiger partial charge in [-0.3, -0.25) is 0 Å². The Morgan fingerprint density at radius 3 is 2.58 bits per heavy atom. The summed E-state index contributed by atoms with van der Waals surface area (Å²) in [5.74, 6) is 0. The van der Waals surface area contributed by atoms with Gasteiger partial charge in [0.05, 0.1) is 0 Å². The third-order valence-corrected chi connectivity index (χ3v) is 1.86. The number of unbranched alkanes of at least 4 members (excludes halogenated alkanes) is 1. The van der Waals surface area contributed by atoms with E-state index in [4.69, 9.17) is 0 Å². The van der Waals surface area contributed by atoms with E-state index in [1.54, 1.807) is 0 Å². The van der Waals surface area contributed by atoms with E-state index in [9.17, 15) is 0 Å². The second-order valence-electron chi connectivity index (χ2n) is 2.86. The van der Waals surface area contributed by atoms with Gasteiger partial charge < -0.3 is 0 Å². The minimum Gasteiger partial charge on any atom is -0.103 e. The fourth-order valence-electron chi connectivity index (χ4n) is 1.11. The molecule has 0 fully saturated rings. The molecule has 0 aliphatic carbocycles. The van der Waals surface area contributed by atoms with E-state index in [0.717, 1.165) is 19.3 Å². The van der Waals surface area contributed by atoms with Crippen LogP contribution >= 0.6 is 0 Å². The van der Waals surface area contributed by atoms with Gasteiger partial charge in [0, 0.05) is 0 Å². The van der Waals surface area contributed by atoms with E-state index in [-0.39, 0.29) is 0 Å². The maximum absolute atomic E-state index is 3.74. The summed E-state index contributed by atoms with van der Waals surface area (Å²) in [5.41, 5.74) is 1.51. The third-order valence-electron chi connectivity index (χ3n) is 1.86. The van der Waals surface area contributed by atoms with Crippen LogP contribution in [0, 0.1) is 0 Å². The number of allylic oxidation sites excluding steroid dienone is 5. The van der Waals surface area contributed by atoms with Gasteiger partial charge in [-0.05, 0) is 32.6 Å². The molecule has 68 valence electrons. The van der Waals surface area contributed by atoms with E-state index in [1.807, 2.05) is 6.08 Å². The van der Waals surface area contributed by atoms with Gasteiger partial charge in [-0.2, -0.15) is 0 Å². The molecule has 0 heteroatoms. The molecule has 0 aromatic heterocycles. The molecule has 0 rings (SSSR count). The molecule has 0 aromatic rings. The van der Waals surface area contributed by atoms with Crippen molar-refractivity contribution < 1.29 is 0 Å². The molecule has 0 aliphatic heterocycles. The van der Waals surface area contributed by atoms with Crippen LogP contribution in [0.5, 0.6) is 0 Å². The molecule has 0 N–H and O–H groups in total. The van der Waals surface area contributed by atoms with E-state index in [1.165, 1.54) is 12.0 Å². The fraction of sp³-hybridized carbons (Fsp3) is 0.500. The zero-order valence-corrected chi connectivity index (χ0v) is 8.34. The van der Waals surface area contributed by atoms with E-state index in [2.05, 4.69) is 38.7 Å². The molecule has 0 saturated heterocycles. The quantitative estimate of drug-likeness (QED) is 0.406. The van der Waals surface area contributed by atoms with Crippen molar-refractivity contribution in [1.29, 1.82) is 0 Å². The zero-order valence-electron chi connectivity index (χ0n) is 8.34. The zero-order chi connectivity index (χ0) is 9.23. The summed E-state index contributed by atoms with van der Waals surface area (Å²) in [4.78, 5) is 0. The standard InChI is InChI=1S/C12H20/c1-4-7-8-9-11-12(6-3)10-5-2/h4-5,7,11H,2,6,8-10H2,1,3H3/b7-4-,12-11-. The van der Waals surface area contributed by atoms with Gasteiger partial charge in [0.15, 0.2) is 0 Å². The van der Waals surface area contributed by atoms with Gasteiger partial charge in [-0.25, -0.2) is 0 Å². The molecule has 12 heavy (non-hydrogen) atoms. The second-order valence-corrected chi connectivity index (χ2v) is 2.86. The van der Waals surface area contributed by atoms with Crippen LogP contribution in [0.4, 0.5) is 0 Å². The van der Waals surface area contributed by atoms with E-state index in [0.29, 0.717) is 0 Å². The lowest BCUT2D eigenvalue weighted by atomic mass is 10.1. The summed E-state index contributed by atoms with van der Waals surface area (Å²) in [7, 11) is 0. The normalized spacial score (nSPS) is 12.3. The second kappa shape index (κ2) is 8.32. The largest absolute Gasteiger partial charge is 0.103 e. The maximum Gasteiger partial charge on any atom is -0.0142 e. The molecule has 0 aliphatic rings. The average molecular weight is 164 g/mol. The SMILES string of the molecule is C=CC/C(=C\CC/C=C\C)CC. The highest BCUT2D eigenvalue weighted by Gasteiger charge is 1.88. The van der Waals surface area contributed by atoms with Crippen LogP contribution in [0.3, 0.4) is 0 Å². The smallest absolute Gasteiger partial charge is 0.0142 e. The summed E-state index contributed by atoms with van der Waals surface area (Å²) >= 11 is 0. The monoisotopic (exact) mass is 164 g/mol. The Labute approximate surface area is 76.7 Å². The molecule has 0 aromatic carbocycles. The van der Waals surface area contributed by atoms with Gasteiger partial charge >= 0.3 is 0 Å². The fourth-order valence-corrected chi connectivity index (χ4v) is 1.11. The molecule has 0 unspecified atom stereocenters. The van der Waals surface area contributed by atoms with Gasteiger partial charge in [0.2, 0.25) is 0 Å². The Morgan fingerprint density at radius 2 is 2.08 bits per heavy atom. The molecule has 0 amide bonds. The van der Waals surface area contributed by atoms with Crippen LogP contribution in [0.25, 0.3) is 0 Å². The van der Waals surface area contributed by atoms with Gasteiger partial charge in [-0.15, -0.1) is 6.58 Å². The molecular formula is C12H20. The Morgan fingerprint density at radius 1 is 1.33 bits per heavy atom. The third kappa shape index (κ3) is 5.96. The number of hydrogen-bond acceptors (Lipinski definition) is 0. The topological polar surface area (TPSA) is 0 Å². The molecule has 0 atom stereocenters. The summed E-state index contributed by atoms with van der Waals surface area (Å²) in [6.07, 6.45) is 13.2. The van der Waals surface area contributed by atoms with Crippen molar-refractivity contribution in [2.45, 2.75) is 39.5 Å². The van der Waals surface area contributed by atoms with Crippen LogP contribution in [0.1, 0.15) is 39.5 Å². The molecule has 0 spiro atoms. The summed E-state index contributed by atoms with van der Waals surface area (Å²) in [5, 5.41) is 0. The van der Waals surface area contributed by atoms with Crippen LogP contribution in [-0.4, -0.2) is 0 Å². The van der Waals surface area contributed by atoms with Crippen molar-refractivity contribution in [2.24, 2.45) is 0 Å². The van der Waals surface area contributed by atoms with Crippen LogP contribution < -0.4 is 0 Å². The van der Waals surface area contributed by atoms with Gasteiger partial charge in [-0.1, -0.05) is 36.8 Å². The molecule has 0 saturated carbocycles. The minimum absolute atomic E-state index is 1.05. The van der Waals surface area contributed by atoms with Crippen molar-refractivity contribution in [3.8, 4) is 0 Å². The summed E-state index contributed by atoms with van der Waals surface area (Å²) in [6.45, 7) is 8.00. The Kier molecular flexibility index (Phi) is 7.78. The van der Waals surface area contributed by atoms with Crippen LogP contribution in [0.15, 0.2) is 36.5 Å². The Hall–Kier alpha value is -0.780. The molecule has 0 bridgehead atoms. The van der Waals surface area contributed by atoms with Crippen molar-refractivity contribution in [3.05, 3.63) is 36.5 Å². The lowest BCUT2D eigenvalue weighted by molar-refractivity contribution is 0.966. The van der Waals surface area contributed by atoms with Crippen molar-refractivity contribution in [1.82, 2.24) is 0 Å². The first-order valence-corrected chi connectivity index (χ1v) is 4.75. The van der Waals surface area contributed by atoms with Gasteiger partial charge in [0.25, 0.3) is 0 Å². The predicted molar refractivity (Wildman–Crippen MR) is 57.2 cm³/mol. The van der Waals surface area contributed by atoms with E-state index >= 15 is 0 Å². The van der Waals surface area contributed by atoms with Crippen LogP contribution in [-0.2, 0) is 0 Å². The highest BCUT2D eigenvalue weighted by Crippen LogP contribution is 2.09. The lowest BCUT2D eigenvalue weighted by Gasteiger charge is -1.98. The van der Waals surface area contributed by atoms with E-state index < -0.39 is 0 Å². The summed E-state index contributed by atoms with van der Waals surface area (Å²) in [6, 6.07) is 0. The predicted octanol–water partition coefficient (Wildman–Crippen LogP) is 4.26. The number of rotatable bonds is 6. The van der Waals surface area contributed by atoms with Gasteiger partial charge in [0.1, 0.15) is 0 Å². The molecule has 0 heterocycles. The molecular weight excluding hydrogens is 144 g/mol. The van der Waals surface area contributed by atoms with Crippen molar-refractivity contribution in [3.63, 3.8) is 0 Å². The highest BCUT2D eigenvalue weighted by atomic mass is 13.9. The highest BCUT2D eigenvalue weighted by molar-refractivity contribution is 5.05. The Balaban J connectivity index is 3.68. The maximum atomic E-state index is 3.74. The first-order valence-electron chi connectivity index (χ1n) is 4.75. The van der Waals surface area contributed by atoms with Crippen molar-refractivity contribution in [2.75, 3.05) is 0 Å². The molecule has 0 nitrogen and oxygen atoms in total. The minimum atomic E-state index is 1.05. The summed E-state index contributed by atoms with van der Waals surface area (Å²) < 4.78 is 0. The average Bonchev–Trinajstić information content (AvgIpc) is 2.10. The molecule has 0 radical (unpaired) electrons. The first kappa shape index (κ1) is 11.2. The first-order chi connectivity index (χ1) is 5.85. The number of hydrogen-bond donors (Lipinski definition) is 0.